The number of benzene rings is 1. The fourth-order valence-corrected chi connectivity index (χ4v) is 3.01. The summed E-state index contributed by atoms with van der Waals surface area (Å²) in [5, 5.41) is 8.12. The molecule has 116 valence electrons. The second-order valence-corrected chi connectivity index (χ2v) is 5.57. The molecule has 22 heavy (non-hydrogen) atoms. The highest BCUT2D eigenvalue weighted by molar-refractivity contribution is 5.77. The minimum Gasteiger partial charge on any atom is -0.338 e. The lowest BCUT2D eigenvalue weighted by Gasteiger charge is -2.23. The van der Waals surface area contributed by atoms with Crippen LogP contribution in [-0.4, -0.2) is 44.7 Å². The zero-order chi connectivity index (χ0) is 15.4. The smallest absolute Gasteiger partial charge is 0.223 e. The monoisotopic (exact) mass is 299 g/mol. The minimum absolute atomic E-state index is 0.163. The molecule has 2 heterocycles. The molecule has 0 radical (unpaired) electrons. The molecule has 2 aromatic rings. The van der Waals surface area contributed by atoms with Gasteiger partial charge in [0.1, 0.15) is 12.2 Å². The molecule has 1 aliphatic heterocycles. The third-order valence-corrected chi connectivity index (χ3v) is 4.18. The number of carbonyl (C=O) groups is 1. The molecule has 1 aliphatic rings. The van der Waals surface area contributed by atoms with Gasteiger partial charge in [-0.15, -0.1) is 10.2 Å². The number of hydrogen-bond donors (Lipinski definition) is 1. The molecule has 0 saturated carbocycles. The van der Waals surface area contributed by atoms with Gasteiger partial charge >= 0.3 is 0 Å². The molecule has 1 atom stereocenters. The van der Waals surface area contributed by atoms with E-state index in [9.17, 15) is 4.79 Å². The Morgan fingerprint density at radius 2 is 2.14 bits per heavy atom. The van der Waals surface area contributed by atoms with Crippen LogP contribution in [0.1, 0.15) is 25.1 Å². The summed E-state index contributed by atoms with van der Waals surface area (Å²) in [6.07, 6.45) is 4.79. The number of hydrogen-bond acceptors (Lipinski definition) is 4. The number of carbonyl (C=O) groups excluding carboxylic acids is 1. The summed E-state index contributed by atoms with van der Waals surface area (Å²) in [6.45, 7) is 1.37. The number of rotatable bonds is 5. The predicted octanol–water partition coefficient (Wildman–Crippen LogP) is 1.15. The van der Waals surface area contributed by atoms with E-state index in [1.807, 2.05) is 39.8 Å². The van der Waals surface area contributed by atoms with Crippen LogP contribution >= 0.6 is 0 Å². The summed E-state index contributed by atoms with van der Waals surface area (Å²) in [6, 6.07) is 10.1. The highest BCUT2D eigenvalue weighted by atomic mass is 16.2. The van der Waals surface area contributed by atoms with Gasteiger partial charge in [-0.1, -0.05) is 18.2 Å². The van der Waals surface area contributed by atoms with Crippen LogP contribution in [0.25, 0.3) is 5.69 Å². The standard InChI is InChI=1S/C16H21N5O/c17-11-14-7-4-10-20(14)16(22)9-8-15-19-18-12-21(15)13-5-2-1-3-6-13/h1-3,5-6,12,14H,4,7-11,17H2/t14-/m1/s1. The van der Waals surface area contributed by atoms with Crippen molar-refractivity contribution >= 4 is 5.91 Å². The molecule has 1 amide bonds. The van der Waals surface area contributed by atoms with Crippen LogP contribution in [0, 0.1) is 0 Å². The van der Waals surface area contributed by atoms with Gasteiger partial charge in [-0.2, -0.15) is 0 Å². The third-order valence-electron chi connectivity index (χ3n) is 4.18. The lowest BCUT2D eigenvalue weighted by Crippen LogP contribution is -2.40. The van der Waals surface area contributed by atoms with Crippen molar-refractivity contribution in [2.24, 2.45) is 5.73 Å². The van der Waals surface area contributed by atoms with Crippen LogP contribution in [0.5, 0.6) is 0 Å². The molecule has 1 aromatic heterocycles. The summed E-state index contributed by atoms with van der Waals surface area (Å²) >= 11 is 0. The van der Waals surface area contributed by atoms with Crippen molar-refractivity contribution in [2.75, 3.05) is 13.1 Å². The second-order valence-electron chi connectivity index (χ2n) is 5.57. The maximum Gasteiger partial charge on any atom is 0.223 e. The second kappa shape index (κ2) is 6.70. The van der Waals surface area contributed by atoms with Crippen LogP contribution in [-0.2, 0) is 11.2 Å². The van der Waals surface area contributed by atoms with Crippen LogP contribution in [0.4, 0.5) is 0 Å². The predicted molar refractivity (Wildman–Crippen MR) is 83.5 cm³/mol. The number of para-hydroxylation sites is 1. The maximum absolute atomic E-state index is 12.4. The van der Waals surface area contributed by atoms with E-state index in [-0.39, 0.29) is 11.9 Å². The van der Waals surface area contributed by atoms with Gasteiger partial charge in [-0.3, -0.25) is 9.36 Å². The van der Waals surface area contributed by atoms with E-state index >= 15 is 0 Å². The zero-order valence-electron chi connectivity index (χ0n) is 12.6. The number of aromatic nitrogens is 3. The van der Waals surface area contributed by atoms with Gasteiger partial charge in [0.25, 0.3) is 0 Å². The molecule has 2 N–H and O–H groups in total. The van der Waals surface area contributed by atoms with Gasteiger partial charge in [0.2, 0.25) is 5.91 Å². The summed E-state index contributed by atoms with van der Waals surface area (Å²) in [5.41, 5.74) is 6.74. The van der Waals surface area contributed by atoms with Crippen LogP contribution in [0.2, 0.25) is 0 Å². The Hall–Kier alpha value is -2.21. The first-order chi connectivity index (χ1) is 10.8. The fourth-order valence-electron chi connectivity index (χ4n) is 3.01. The van der Waals surface area contributed by atoms with Crippen molar-refractivity contribution in [3.05, 3.63) is 42.5 Å². The average molecular weight is 299 g/mol. The SMILES string of the molecule is NC[C@H]1CCCN1C(=O)CCc1nncn1-c1ccccc1. The first-order valence-electron chi connectivity index (χ1n) is 7.73. The van der Waals surface area contributed by atoms with E-state index in [4.69, 9.17) is 5.73 Å². The average Bonchev–Trinajstić information content (AvgIpc) is 3.22. The van der Waals surface area contributed by atoms with Crippen molar-refractivity contribution in [3.63, 3.8) is 0 Å². The zero-order valence-corrected chi connectivity index (χ0v) is 12.6. The Morgan fingerprint density at radius 1 is 1.32 bits per heavy atom. The van der Waals surface area contributed by atoms with Crippen molar-refractivity contribution in [1.82, 2.24) is 19.7 Å². The van der Waals surface area contributed by atoms with E-state index in [1.165, 1.54) is 0 Å². The third kappa shape index (κ3) is 3.01. The molecule has 3 rings (SSSR count). The Morgan fingerprint density at radius 3 is 2.91 bits per heavy atom. The Kier molecular flexibility index (Phi) is 4.48. The normalized spacial score (nSPS) is 17.9. The molecule has 0 aliphatic carbocycles. The molecule has 0 bridgehead atoms. The van der Waals surface area contributed by atoms with Crippen molar-refractivity contribution < 1.29 is 4.79 Å². The summed E-state index contributed by atoms with van der Waals surface area (Å²) in [4.78, 5) is 14.3. The van der Waals surface area contributed by atoms with Gasteiger partial charge in [0.05, 0.1) is 0 Å². The molecule has 1 aromatic carbocycles. The number of aryl methyl sites for hydroxylation is 1. The summed E-state index contributed by atoms with van der Waals surface area (Å²) in [7, 11) is 0. The van der Waals surface area contributed by atoms with E-state index in [0.717, 1.165) is 30.9 Å². The van der Waals surface area contributed by atoms with Crippen LogP contribution < -0.4 is 5.73 Å². The minimum atomic E-state index is 0.163. The molecule has 0 unspecified atom stereocenters. The van der Waals surface area contributed by atoms with Crippen molar-refractivity contribution in [3.8, 4) is 5.69 Å². The Balaban J connectivity index is 1.65. The number of amides is 1. The molecular weight excluding hydrogens is 278 g/mol. The van der Waals surface area contributed by atoms with E-state index < -0.39 is 0 Å². The lowest BCUT2D eigenvalue weighted by molar-refractivity contribution is -0.131. The fraction of sp³-hybridized carbons (Fsp3) is 0.438. The highest BCUT2D eigenvalue weighted by Crippen LogP contribution is 2.18. The molecular formula is C16H21N5O. The van der Waals surface area contributed by atoms with Gasteiger partial charge in [-0.25, -0.2) is 0 Å². The maximum atomic E-state index is 12.4. The topological polar surface area (TPSA) is 77.0 Å². The van der Waals surface area contributed by atoms with Crippen molar-refractivity contribution in [1.29, 1.82) is 0 Å². The molecule has 1 fully saturated rings. The van der Waals surface area contributed by atoms with Crippen molar-refractivity contribution in [2.45, 2.75) is 31.7 Å². The lowest BCUT2D eigenvalue weighted by atomic mass is 10.2. The van der Waals surface area contributed by atoms with E-state index in [0.29, 0.717) is 19.4 Å². The van der Waals surface area contributed by atoms with Gasteiger partial charge in [0.15, 0.2) is 0 Å². The Bertz CT molecular complexity index is 624. The summed E-state index contributed by atoms with van der Waals surface area (Å²) < 4.78 is 1.93. The first kappa shape index (κ1) is 14.7. The van der Waals surface area contributed by atoms with Gasteiger partial charge in [0, 0.05) is 37.7 Å². The quantitative estimate of drug-likeness (QED) is 0.898. The number of nitrogens with two attached hydrogens (primary N) is 1. The highest BCUT2D eigenvalue weighted by Gasteiger charge is 2.27. The molecule has 6 nitrogen and oxygen atoms in total. The van der Waals surface area contributed by atoms with Crippen LogP contribution in [0.3, 0.4) is 0 Å². The molecule has 0 spiro atoms. The van der Waals surface area contributed by atoms with Gasteiger partial charge < -0.3 is 10.6 Å². The number of nitrogens with zero attached hydrogens (tertiary/aromatic N) is 4. The number of likely N-dealkylation sites (tertiary alicyclic amines) is 1. The van der Waals surface area contributed by atoms with Gasteiger partial charge in [-0.05, 0) is 25.0 Å². The molecule has 6 heteroatoms. The van der Waals surface area contributed by atoms with E-state index in [2.05, 4.69) is 10.2 Å². The first-order valence-corrected chi connectivity index (χ1v) is 7.73. The summed E-state index contributed by atoms with van der Waals surface area (Å²) in [5.74, 6) is 0.971. The van der Waals surface area contributed by atoms with E-state index in [1.54, 1.807) is 6.33 Å². The molecule has 1 saturated heterocycles. The largest absolute Gasteiger partial charge is 0.338 e. The Labute approximate surface area is 129 Å². The van der Waals surface area contributed by atoms with Crippen LogP contribution in [0.15, 0.2) is 36.7 Å².